The molecule has 0 saturated carbocycles. The van der Waals surface area contributed by atoms with Crippen LogP contribution in [-0.2, 0) is 4.79 Å². The van der Waals surface area contributed by atoms with Gasteiger partial charge in [0.05, 0.1) is 10.6 Å². The van der Waals surface area contributed by atoms with Crippen molar-refractivity contribution in [1.82, 2.24) is 0 Å². The highest BCUT2D eigenvalue weighted by molar-refractivity contribution is 8.27. The van der Waals surface area contributed by atoms with Gasteiger partial charge in [0.25, 0.3) is 5.91 Å². The summed E-state index contributed by atoms with van der Waals surface area (Å²) in [6.07, 6.45) is 1.82. The van der Waals surface area contributed by atoms with Gasteiger partial charge < -0.3 is 0 Å². The summed E-state index contributed by atoms with van der Waals surface area (Å²) >= 11 is 12.6. The molecule has 1 fully saturated rings. The van der Waals surface area contributed by atoms with Crippen molar-refractivity contribution in [3.63, 3.8) is 0 Å². The van der Waals surface area contributed by atoms with Crippen molar-refractivity contribution in [3.05, 3.63) is 69.6 Å². The summed E-state index contributed by atoms with van der Waals surface area (Å²) in [7, 11) is 0. The number of halogens is 1. The molecule has 0 atom stereocenters. The molecule has 22 heavy (non-hydrogen) atoms. The van der Waals surface area contributed by atoms with Crippen LogP contribution in [0.1, 0.15) is 11.1 Å². The van der Waals surface area contributed by atoms with Crippen molar-refractivity contribution in [3.8, 4) is 0 Å². The summed E-state index contributed by atoms with van der Waals surface area (Å²) < 4.78 is 0.544. The van der Waals surface area contributed by atoms with Crippen molar-refractivity contribution in [1.29, 1.82) is 0 Å². The standard InChI is InChI=1S/C17H12ClNOS2/c1-11-5-7-14(8-6-11)19-16(20)15(22-17(19)21)10-12-3-2-4-13(18)9-12/h2-10H,1H3/b15-10+. The SMILES string of the molecule is Cc1ccc(N2C(=O)/C(=C\c3cccc(Cl)c3)SC2=S)cc1. The summed E-state index contributed by atoms with van der Waals surface area (Å²) in [4.78, 5) is 14.8. The van der Waals surface area contributed by atoms with Gasteiger partial charge >= 0.3 is 0 Å². The molecule has 5 heteroatoms. The molecule has 0 N–H and O–H groups in total. The number of amides is 1. The average Bonchev–Trinajstić information content (AvgIpc) is 2.75. The molecule has 0 aliphatic carbocycles. The van der Waals surface area contributed by atoms with Crippen LogP contribution in [0.25, 0.3) is 6.08 Å². The summed E-state index contributed by atoms with van der Waals surface area (Å²) in [6, 6.07) is 15.1. The molecule has 1 amide bonds. The summed E-state index contributed by atoms with van der Waals surface area (Å²) in [6.45, 7) is 2.01. The number of thiocarbonyl (C=S) groups is 1. The van der Waals surface area contributed by atoms with E-state index in [9.17, 15) is 4.79 Å². The third-order valence-corrected chi connectivity index (χ3v) is 4.77. The van der Waals surface area contributed by atoms with Crippen LogP contribution in [0.15, 0.2) is 53.4 Å². The fourth-order valence-corrected chi connectivity index (χ4v) is 3.63. The van der Waals surface area contributed by atoms with Crippen LogP contribution in [0.2, 0.25) is 5.02 Å². The van der Waals surface area contributed by atoms with Crippen LogP contribution < -0.4 is 4.90 Å². The lowest BCUT2D eigenvalue weighted by molar-refractivity contribution is -0.113. The molecule has 110 valence electrons. The van der Waals surface area contributed by atoms with Crippen LogP contribution in [0.3, 0.4) is 0 Å². The maximum Gasteiger partial charge on any atom is 0.270 e. The smallest absolute Gasteiger partial charge is 0.268 e. The van der Waals surface area contributed by atoms with Gasteiger partial charge in [-0.25, -0.2) is 0 Å². The number of rotatable bonds is 2. The number of thioether (sulfide) groups is 1. The summed E-state index contributed by atoms with van der Waals surface area (Å²) in [5, 5.41) is 0.641. The lowest BCUT2D eigenvalue weighted by Gasteiger charge is -2.14. The lowest BCUT2D eigenvalue weighted by atomic mass is 10.2. The second-order valence-corrected chi connectivity index (χ2v) is 7.02. The molecule has 0 radical (unpaired) electrons. The third kappa shape index (κ3) is 3.09. The predicted molar refractivity (Wildman–Crippen MR) is 98.3 cm³/mol. The monoisotopic (exact) mass is 345 g/mol. The van der Waals surface area contributed by atoms with E-state index in [1.807, 2.05) is 55.5 Å². The molecule has 0 bridgehead atoms. The van der Waals surface area contributed by atoms with Crippen molar-refractivity contribution >= 4 is 57.6 Å². The Morgan fingerprint density at radius 3 is 2.59 bits per heavy atom. The van der Waals surface area contributed by atoms with Crippen LogP contribution in [0, 0.1) is 6.92 Å². The fourth-order valence-electron chi connectivity index (χ4n) is 2.13. The van der Waals surface area contributed by atoms with Crippen molar-refractivity contribution in [2.75, 3.05) is 4.90 Å². The molecule has 2 aromatic carbocycles. The zero-order chi connectivity index (χ0) is 15.7. The Morgan fingerprint density at radius 2 is 1.91 bits per heavy atom. The number of carbonyl (C=O) groups is 1. The van der Waals surface area contributed by atoms with Crippen molar-refractivity contribution < 1.29 is 4.79 Å². The topological polar surface area (TPSA) is 20.3 Å². The normalized spacial score (nSPS) is 16.6. The molecule has 1 saturated heterocycles. The molecule has 1 heterocycles. The number of hydrogen-bond donors (Lipinski definition) is 0. The summed E-state index contributed by atoms with van der Waals surface area (Å²) in [5.74, 6) is -0.0983. The van der Waals surface area contributed by atoms with Gasteiger partial charge in [-0.05, 0) is 42.8 Å². The van der Waals surface area contributed by atoms with Crippen LogP contribution in [0.4, 0.5) is 5.69 Å². The summed E-state index contributed by atoms with van der Waals surface area (Å²) in [5.41, 5.74) is 2.82. The molecule has 1 aliphatic rings. The maximum absolute atomic E-state index is 12.6. The van der Waals surface area contributed by atoms with E-state index in [0.29, 0.717) is 14.2 Å². The quantitative estimate of drug-likeness (QED) is 0.561. The molecule has 0 aromatic heterocycles. The van der Waals surface area contributed by atoms with Gasteiger partial charge in [0, 0.05) is 5.02 Å². The highest BCUT2D eigenvalue weighted by Crippen LogP contribution is 2.36. The number of nitrogens with zero attached hydrogens (tertiary/aromatic N) is 1. The Balaban J connectivity index is 1.93. The Labute approximate surface area is 143 Å². The molecular formula is C17H12ClNOS2. The predicted octanol–water partition coefficient (Wildman–Crippen LogP) is 5.05. The van der Waals surface area contributed by atoms with Gasteiger partial charge in [-0.15, -0.1) is 0 Å². The second kappa shape index (κ2) is 6.24. The molecule has 3 rings (SSSR count). The zero-order valence-electron chi connectivity index (χ0n) is 11.7. The largest absolute Gasteiger partial charge is 0.270 e. The Hall–Kier alpha value is -1.62. The number of aryl methyl sites for hydroxylation is 1. The molecule has 2 aromatic rings. The molecule has 0 spiro atoms. The maximum atomic E-state index is 12.6. The van der Waals surface area contributed by atoms with Crippen molar-refractivity contribution in [2.45, 2.75) is 6.92 Å². The first-order valence-corrected chi connectivity index (χ1v) is 8.25. The first-order valence-electron chi connectivity index (χ1n) is 6.65. The highest BCUT2D eigenvalue weighted by atomic mass is 35.5. The van der Waals surface area contributed by atoms with E-state index in [2.05, 4.69) is 0 Å². The minimum atomic E-state index is -0.0983. The molecular weight excluding hydrogens is 334 g/mol. The van der Waals surface area contributed by atoms with E-state index in [1.54, 1.807) is 11.0 Å². The van der Waals surface area contributed by atoms with E-state index in [1.165, 1.54) is 11.8 Å². The first kappa shape index (κ1) is 15.3. The fraction of sp³-hybridized carbons (Fsp3) is 0.0588. The number of hydrogen-bond acceptors (Lipinski definition) is 3. The second-order valence-electron chi connectivity index (χ2n) is 4.91. The molecule has 1 aliphatic heterocycles. The van der Waals surface area contributed by atoms with Crippen LogP contribution in [0.5, 0.6) is 0 Å². The Bertz CT molecular complexity index is 784. The third-order valence-electron chi connectivity index (χ3n) is 3.23. The van der Waals surface area contributed by atoms with Crippen LogP contribution in [-0.4, -0.2) is 10.2 Å². The van der Waals surface area contributed by atoms with E-state index < -0.39 is 0 Å². The van der Waals surface area contributed by atoms with Crippen molar-refractivity contribution in [2.24, 2.45) is 0 Å². The Morgan fingerprint density at radius 1 is 1.18 bits per heavy atom. The van der Waals surface area contributed by atoms with Gasteiger partial charge in [-0.1, -0.05) is 65.4 Å². The van der Waals surface area contributed by atoms with Gasteiger partial charge in [-0.2, -0.15) is 0 Å². The van der Waals surface area contributed by atoms with Gasteiger partial charge in [0.2, 0.25) is 0 Å². The molecule has 2 nitrogen and oxygen atoms in total. The van der Waals surface area contributed by atoms with Gasteiger partial charge in [0.15, 0.2) is 4.32 Å². The van der Waals surface area contributed by atoms with E-state index in [-0.39, 0.29) is 5.91 Å². The van der Waals surface area contributed by atoms with E-state index in [4.69, 9.17) is 23.8 Å². The average molecular weight is 346 g/mol. The minimum Gasteiger partial charge on any atom is -0.268 e. The highest BCUT2D eigenvalue weighted by Gasteiger charge is 2.33. The molecule has 0 unspecified atom stereocenters. The van der Waals surface area contributed by atoms with Crippen LogP contribution >= 0.6 is 35.6 Å². The first-order chi connectivity index (χ1) is 10.5. The van der Waals surface area contributed by atoms with E-state index in [0.717, 1.165) is 16.8 Å². The number of benzene rings is 2. The zero-order valence-corrected chi connectivity index (χ0v) is 14.1. The number of carbonyl (C=O) groups excluding carboxylic acids is 1. The van der Waals surface area contributed by atoms with Gasteiger partial charge in [0.1, 0.15) is 0 Å². The minimum absolute atomic E-state index is 0.0983. The lowest BCUT2D eigenvalue weighted by Crippen LogP contribution is -2.27. The number of anilines is 1. The van der Waals surface area contributed by atoms with Gasteiger partial charge in [-0.3, -0.25) is 9.69 Å². The van der Waals surface area contributed by atoms with E-state index >= 15 is 0 Å². The Kier molecular flexibility index (Phi) is 4.34.